The maximum Gasteiger partial charge on any atom is 0.355 e. The van der Waals surface area contributed by atoms with Crippen LogP contribution >= 0.6 is 22.9 Å². The number of anilines is 2. The summed E-state index contributed by atoms with van der Waals surface area (Å²) in [7, 11) is 0. The molecule has 39 heavy (non-hydrogen) atoms. The van der Waals surface area contributed by atoms with Gasteiger partial charge in [-0.05, 0) is 48.7 Å². The third-order valence-corrected chi connectivity index (χ3v) is 7.68. The fourth-order valence-corrected chi connectivity index (χ4v) is 5.29. The van der Waals surface area contributed by atoms with Gasteiger partial charge in [0.2, 0.25) is 5.91 Å². The standard InChI is InChI=1S/C28H30ClN3O6S/c1-15-6-5-7-18(16(15)2)24-19-10-17(29)8-9-21(19)32(13-28(3,4)14-33)25(35)22(38-24)11-23(34)31-27-30-20(12-39-27)26(36)37/h5-10,12,22,24,33H,11,13-14H2,1-4H3,(H,36,37)(H,30,31,34)/t22-,24-/m1/s1. The minimum Gasteiger partial charge on any atom is -0.476 e. The molecule has 11 heteroatoms. The molecular weight excluding hydrogens is 542 g/mol. The van der Waals surface area contributed by atoms with Gasteiger partial charge in [-0.1, -0.05) is 43.6 Å². The van der Waals surface area contributed by atoms with E-state index >= 15 is 0 Å². The number of carboxylic acids is 1. The number of carbonyl (C=O) groups is 3. The number of benzene rings is 2. The number of aromatic nitrogens is 1. The summed E-state index contributed by atoms with van der Waals surface area (Å²) in [4.78, 5) is 43.7. The molecule has 3 N–H and O–H groups in total. The van der Waals surface area contributed by atoms with Gasteiger partial charge in [0, 0.05) is 40.2 Å². The molecule has 2 atom stereocenters. The van der Waals surface area contributed by atoms with Crippen molar-refractivity contribution < 1.29 is 29.3 Å². The van der Waals surface area contributed by atoms with Gasteiger partial charge in [-0.25, -0.2) is 9.78 Å². The molecule has 0 fully saturated rings. The van der Waals surface area contributed by atoms with Crippen LogP contribution in [-0.4, -0.2) is 52.2 Å². The number of hydrogen-bond donors (Lipinski definition) is 3. The van der Waals surface area contributed by atoms with Crippen LogP contribution in [0.3, 0.4) is 0 Å². The van der Waals surface area contributed by atoms with Crippen molar-refractivity contribution in [2.24, 2.45) is 5.41 Å². The third-order valence-electron chi connectivity index (χ3n) is 6.69. The number of aliphatic hydroxyl groups is 1. The van der Waals surface area contributed by atoms with E-state index in [1.165, 1.54) is 5.38 Å². The molecule has 0 saturated carbocycles. The summed E-state index contributed by atoms with van der Waals surface area (Å²) >= 11 is 7.40. The summed E-state index contributed by atoms with van der Waals surface area (Å²) in [5, 5.41) is 23.6. The number of carboxylic acid groups (broad SMARTS) is 1. The van der Waals surface area contributed by atoms with Crippen molar-refractivity contribution in [2.45, 2.75) is 46.3 Å². The van der Waals surface area contributed by atoms with Crippen LogP contribution in [-0.2, 0) is 14.3 Å². The molecule has 9 nitrogen and oxygen atoms in total. The van der Waals surface area contributed by atoms with Crippen LogP contribution in [0.2, 0.25) is 5.02 Å². The molecule has 0 bridgehead atoms. The SMILES string of the molecule is Cc1cccc([C@H]2O[C@H](CC(=O)Nc3nc(C(=O)O)cs3)C(=O)N(CC(C)(C)CO)c3ccc(Cl)cc32)c1C. The lowest BCUT2D eigenvalue weighted by Gasteiger charge is -2.32. The lowest BCUT2D eigenvalue weighted by Crippen LogP contribution is -2.46. The number of carbonyl (C=O) groups excluding carboxylic acids is 2. The molecule has 0 radical (unpaired) electrons. The van der Waals surface area contributed by atoms with Crippen LogP contribution in [0.1, 0.15) is 59.1 Å². The van der Waals surface area contributed by atoms with Gasteiger partial charge in [0.1, 0.15) is 12.2 Å². The molecule has 1 aromatic heterocycles. The number of ether oxygens (including phenoxy) is 1. The van der Waals surface area contributed by atoms with E-state index in [0.29, 0.717) is 16.3 Å². The first-order chi connectivity index (χ1) is 18.4. The quantitative estimate of drug-likeness (QED) is 0.348. The number of nitrogens with zero attached hydrogens (tertiary/aromatic N) is 2. The van der Waals surface area contributed by atoms with Crippen LogP contribution in [0, 0.1) is 19.3 Å². The zero-order valence-electron chi connectivity index (χ0n) is 22.0. The Morgan fingerprint density at radius 3 is 2.62 bits per heavy atom. The van der Waals surface area contributed by atoms with Gasteiger partial charge in [0.15, 0.2) is 10.8 Å². The molecule has 1 aliphatic heterocycles. The highest BCUT2D eigenvalue weighted by Gasteiger charge is 2.40. The number of rotatable bonds is 8. The second-order valence-electron chi connectivity index (χ2n) is 10.3. The topological polar surface area (TPSA) is 129 Å². The Bertz CT molecular complexity index is 1420. The average molecular weight is 572 g/mol. The summed E-state index contributed by atoms with van der Waals surface area (Å²) in [6.45, 7) is 7.65. The number of thiazole rings is 1. The van der Waals surface area contributed by atoms with Crippen LogP contribution in [0.15, 0.2) is 41.8 Å². The molecule has 206 valence electrons. The van der Waals surface area contributed by atoms with Gasteiger partial charge in [-0.15, -0.1) is 11.3 Å². The van der Waals surface area contributed by atoms with Gasteiger partial charge in [0.05, 0.1) is 6.42 Å². The molecule has 4 rings (SSSR count). The maximum atomic E-state index is 14.0. The first-order valence-electron chi connectivity index (χ1n) is 12.3. The number of hydrogen-bond acceptors (Lipinski definition) is 7. The van der Waals surface area contributed by atoms with E-state index in [2.05, 4.69) is 10.3 Å². The average Bonchev–Trinajstić information content (AvgIpc) is 3.32. The summed E-state index contributed by atoms with van der Waals surface area (Å²) < 4.78 is 6.47. The predicted molar refractivity (Wildman–Crippen MR) is 150 cm³/mol. The molecule has 1 aliphatic rings. The number of aromatic carboxylic acids is 1. The molecule has 2 heterocycles. The van der Waals surface area contributed by atoms with Crippen molar-refractivity contribution in [1.82, 2.24) is 4.98 Å². The highest BCUT2D eigenvalue weighted by Crippen LogP contribution is 2.42. The second kappa shape index (κ2) is 11.4. The molecule has 3 aromatic rings. The number of aryl methyl sites for hydroxylation is 1. The van der Waals surface area contributed by atoms with Gasteiger partial charge in [0.25, 0.3) is 5.91 Å². The van der Waals surface area contributed by atoms with E-state index in [1.807, 2.05) is 45.9 Å². The Morgan fingerprint density at radius 2 is 1.95 bits per heavy atom. The number of halogens is 1. The second-order valence-corrected chi connectivity index (χ2v) is 11.6. The van der Waals surface area contributed by atoms with E-state index in [4.69, 9.17) is 21.4 Å². The molecule has 2 aromatic carbocycles. The summed E-state index contributed by atoms with van der Waals surface area (Å²) in [6, 6.07) is 11.0. The van der Waals surface area contributed by atoms with Crippen molar-refractivity contribution in [3.63, 3.8) is 0 Å². The van der Waals surface area contributed by atoms with Crippen molar-refractivity contribution in [2.75, 3.05) is 23.4 Å². The van der Waals surface area contributed by atoms with E-state index < -0.39 is 35.4 Å². The van der Waals surface area contributed by atoms with E-state index in [-0.39, 0.29) is 30.4 Å². The summed E-state index contributed by atoms with van der Waals surface area (Å²) in [5.41, 5.74) is 3.30. The predicted octanol–water partition coefficient (Wildman–Crippen LogP) is 4.98. The Hall–Kier alpha value is -3.31. The van der Waals surface area contributed by atoms with Crippen molar-refractivity contribution in [1.29, 1.82) is 0 Å². The van der Waals surface area contributed by atoms with Crippen molar-refractivity contribution >= 4 is 51.5 Å². The van der Waals surface area contributed by atoms with Gasteiger partial charge in [-0.2, -0.15) is 0 Å². The lowest BCUT2D eigenvalue weighted by molar-refractivity contribution is -0.136. The number of fused-ring (bicyclic) bond motifs is 1. The van der Waals surface area contributed by atoms with Crippen LogP contribution in [0.25, 0.3) is 0 Å². The van der Waals surface area contributed by atoms with Crippen molar-refractivity contribution in [3.05, 3.63) is 74.7 Å². The number of aliphatic hydroxyl groups excluding tert-OH is 1. The smallest absolute Gasteiger partial charge is 0.355 e. The summed E-state index contributed by atoms with van der Waals surface area (Å²) in [5.74, 6) is -2.19. The van der Waals surface area contributed by atoms with E-state index in [9.17, 15) is 19.5 Å². The number of nitrogens with one attached hydrogen (secondary N) is 1. The first-order valence-corrected chi connectivity index (χ1v) is 13.6. The minimum atomic E-state index is -1.20. The fraction of sp³-hybridized carbons (Fsp3) is 0.357. The van der Waals surface area contributed by atoms with Gasteiger partial charge < -0.3 is 25.2 Å². The highest BCUT2D eigenvalue weighted by atomic mass is 35.5. The minimum absolute atomic E-state index is 0.109. The lowest BCUT2D eigenvalue weighted by atomic mass is 9.91. The van der Waals surface area contributed by atoms with E-state index in [0.717, 1.165) is 28.0 Å². The van der Waals surface area contributed by atoms with Gasteiger partial charge in [-0.3, -0.25) is 9.59 Å². The molecular formula is C28H30ClN3O6S. The first kappa shape index (κ1) is 28.7. The van der Waals surface area contributed by atoms with Crippen LogP contribution in [0.4, 0.5) is 10.8 Å². The van der Waals surface area contributed by atoms with E-state index in [1.54, 1.807) is 23.1 Å². The maximum absolute atomic E-state index is 14.0. The Labute approximate surface area is 235 Å². The number of amides is 2. The monoisotopic (exact) mass is 571 g/mol. The van der Waals surface area contributed by atoms with Gasteiger partial charge >= 0.3 is 5.97 Å². The molecule has 0 unspecified atom stereocenters. The largest absolute Gasteiger partial charge is 0.476 e. The zero-order valence-corrected chi connectivity index (χ0v) is 23.6. The van der Waals surface area contributed by atoms with Crippen LogP contribution < -0.4 is 10.2 Å². The third kappa shape index (κ3) is 6.30. The molecule has 0 aliphatic carbocycles. The van der Waals surface area contributed by atoms with Crippen LogP contribution in [0.5, 0.6) is 0 Å². The molecule has 0 spiro atoms. The Kier molecular flexibility index (Phi) is 8.41. The molecule has 0 saturated heterocycles. The summed E-state index contributed by atoms with van der Waals surface area (Å²) in [6.07, 6.45) is -2.23. The normalized spacial score (nSPS) is 17.5. The zero-order chi connectivity index (χ0) is 28.5. The highest BCUT2D eigenvalue weighted by molar-refractivity contribution is 7.14. The Balaban J connectivity index is 1.77. The Morgan fingerprint density at radius 1 is 1.21 bits per heavy atom. The molecule has 2 amide bonds. The fourth-order valence-electron chi connectivity index (χ4n) is 4.41. The van der Waals surface area contributed by atoms with Crippen molar-refractivity contribution in [3.8, 4) is 0 Å².